The van der Waals surface area contributed by atoms with Gasteiger partial charge in [0.15, 0.2) is 0 Å². The molecule has 0 aliphatic carbocycles. The second-order valence-electron chi connectivity index (χ2n) is 21.7. The van der Waals surface area contributed by atoms with Crippen LogP contribution in [0.1, 0.15) is 334 Å². The first kappa shape index (κ1) is 65.5. The first-order valence-electron chi connectivity index (χ1n) is 31.0. The summed E-state index contributed by atoms with van der Waals surface area (Å²) in [5.74, 6) is 0. The van der Waals surface area contributed by atoms with Crippen molar-refractivity contribution in [3.05, 3.63) is 59.7 Å². The number of aryl methyl sites for hydroxylation is 2. The third-order valence-electron chi connectivity index (χ3n) is 14.9. The number of aliphatic imine (C=N–C) groups is 2. The molecule has 0 unspecified atom stereocenters. The number of nitrogens with zero attached hydrogens (tertiary/aromatic N) is 2. The van der Waals surface area contributed by atoms with Gasteiger partial charge in [0, 0.05) is 26.6 Å². The van der Waals surface area contributed by atoms with Gasteiger partial charge >= 0.3 is 0 Å². The summed E-state index contributed by atoms with van der Waals surface area (Å²) in [6.45, 7) is 6.88. The van der Waals surface area contributed by atoms with Crippen molar-refractivity contribution in [3.63, 3.8) is 0 Å². The molecule has 2 aromatic carbocycles. The fourth-order valence-corrected chi connectivity index (χ4v) is 10.3. The maximum Gasteiger partial charge on any atom is 0.0636 e. The fraction of sp³-hybridized carbons (Fsp3) is 0.788. The number of hydrogen-bond acceptors (Lipinski definition) is 2. The average Bonchev–Trinajstić information content (AvgIpc) is 3.35. The molecular formula is C66H116N2Pd. The molecule has 0 amide bonds. The fourth-order valence-electron chi connectivity index (χ4n) is 10.3. The van der Waals surface area contributed by atoms with Gasteiger partial charge in [0.05, 0.1) is 17.1 Å². The number of unbranched alkanes of at least 4 members (excludes halogenated alkanes) is 43. The molecule has 0 heterocycles. The molecule has 0 saturated carbocycles. The molecule has 2 rings (SSSR count). The third-order valence-corrected chi connectivity index (χ3v) is 14.9. The minimum Gasteiger partial charge on any atom is -0.255 e. The van der Waals surface area contributed by atoms with Crippen LogP contribution in [0, 0.1) is 0 Å². The SMILES string of the molecule is CCCCCCCCCCCCCCCCCCCCCCCCc1cccc(/N=C(\C=N\c2cccc(CCCCCCCCCCCCCCCCCCCCCCCC)c2)CCCC)c1.[Pd]. The van der Waals surface area contributed by atoms with Crippen molar-refractivity contribution >= 4 is 23.3 Å². The molecule has 0 radical (unpaired) electrons. The Morgan fingerprint density at radius 3 is 0.884 bits per heavy atom. The Morgan fingerprint density at radius 2 is 0.580 bits per heavy atom. The van der Waals surface area contributed by atoms with E-state index < -0.39 is 0 Å². The van der Waals surface area contributed by atoms with E-state index in [0.29, 0.717) is 0 Å². The zero-order valence-electron chi connectivity index (χ0n) is 46.6. The van der Waals surface area contributed by atoms with E-state index in [1.54, 1.807) is 0 Å². The van der Waals surface area contributed by atoms with E-state index >= 15 is 0 Å². The predicted octanol–water partition coefficient (Wildman–Crippen LogP) is 23.6. The van der Waals surface area contributed by atoms with Gasteiger partial charge in [-0.3, -0.25) is 9.98 Å². The van der Waals surface area contributed by atoms with Crippen molar-refractivity contribution in [2.45, 2.75) is 335 Å². The minimum atomic E-state index is 0. The van der Waals surface area contributed by atoms with Crippen LogP contribution in [0.5, 0.6) is 0 Å². The van der Waals surface area contributed by atoms with Crippen LogP contribution in [-0.2, 0) is 33.3 Å². The van der Waals surface area contributed by atoms with Crippen molar-refractivity contribution in [1.82, 2.24) is 0 Å². The first-order chi connectivity index (χ1) is 33.7. The number of hydrogen-bond donors (Lipinski definition) is 0. The van der Waals surface area contributed by atoms with E-state index in [-0.39, 0.29) is 20.4 Å². The summed E-state index contributed by atoms with van der Waals surface area (Å²) in [5.41, 5.74) is 6.08. The molecule has 0 atom stereocenters. The molecule has 0 fully saturated rings. The van der Waals surface area contributed by atoms with Crippen LogP contribution >= 0.6 is 0 Å². The van der Waals surface area contributed by atoms with Gasteiger partial charge in [-0.2, -0.15) is 0 Å². The molecule has 69 heavy (non-hydrogen) atoms. The maximum atomic E-state index is 5.14. The van der Waals surface area contributed by atoms with Gasteiger partial charge in [0.25, 0.3) is 0 Å². The summed E-state index contributed by atoms with van der Waals surface area (Å²) in [7, 11) is 0. The normalized spacial score (nSPS) is 11.8. The molecule has 0 N–H and O–H groups in total. The van der Waals surface area contributed by atoms with Gasteiger partial charge in [0.2, 0.25) is 0 Å². The van der Waals surface area contributed by atoms with Crippen molar-refractivity contribution < 1.29 is 20.4 Å². The van der Waals surface area contributed by atoms with Gasteiger partial charge in [-0.25, -0.2) is 0 Å². The van der Waals surface area contributed by atoms with E-state index in [2.05, 4.69) is 69.3 Å². The summed E-state index contributed by atoms with van der Waals surface area (Å²) in [5, 5.41) is 0. The molecule has 0 aliphatic heterocycles. The standard InChI is InChI=1S/C66H116N2.Pd/c1-4-7-10-12-14-16-18-20-22-24-26-28-30-32-34-36-38-40-42-44-46-48-52-62-54-50-57-64(59-62)67-61-66(56-9-6-3)68-65-58-51-55-63(60-65)53-49-47-45-43-41-39-37-35-33-31-29-27-25-23-21-19-17-15-13-11-8-5-2;/h50-51,54-55,57-61H,4-49,52-53,56H2,1-3H3;/b67-61+,68-66-;. The van der Waals surface area contributed by atoms with Crippen molar-refractivity contribution in [2.75, 3.05) is 0 Å². The molecule has 0 spiro atoms. The van der Waals surface area contributed by atoms with E-state index in [1.807, 2.05) is 6.21 Å². The molecule has 400 valence electrons. The summed E-state index contributed by atoms with van der Waals surface area (Å²) >= 11 is 0. The predicted molar refractivity (Wildman–Crippen MR) is 310 cm³/mol. The molecule has 0 saturated heterocycles. The van der Waals surface area contributed by atoms with E-state index in [0.717, 1.165) is 42.8 Å². The van der Waals surface area contributed by atoms with Crippen molar-refractivity contribution in [2.24, 2.45) is 9.98 Å². The molecule has 2 nitrogen and oxygen atoms in total. The van der Waals surface area contributed by atoms with Crippen LogP contribution < -0.4 is 0 Å². The van der Waals surface area contributed by atoms with E-state index in [4.69, 9.17) is 9.98 Å². The maximum absolute atomic E-state index is 5.14. The Labute approximate surface area is 446 Å². The Morgan fingerprint density at radius 1 is 0.319 bits per heavy atom. The first-order valence-corrected chi connectivity index (χ1v) is 31.0. The third kappa shape index (κ3) is 43.7. The molecule has 2 aromatic rings. The van der Waals surface area contributed by atoms with Crippen LogP contribution in [0.3, 0.4) is 0 Å². The van der Waals surface area contributed by atoms with Crippen LogP contribution in [0.2, 0.25) is 0 Å². The summed E-state index contributed by atoms with van der Waals surface area (Å²) in [4.78, 5) is 10.1. The zero-order valence-corrected chi connectivity index (χ0v) is 48.1. The monoisotopic (exact) mass is 1040 g/mol. The Bertz CT molecular complexity index is 1400. The van der Waals surface area contributed by atoms with Gasteiger partial charge in [-0.15, -0.1) is 0 Å². The molecule has 0 aromatic heterocycles. The molecule has 0 aliphatic rings. The molecular weight excluding hydrogens is 927 g/mol. The number of benzene rings is 2. The Hall–Kier alpha value is -1.56. The minimum absolute atomic E-state index is 0. The van der Waals surface area contributed by atoms with Crippen LogP contribution in [-0.4, -0.2) is 11.9 Å². The average molecular weight is 1040 g/mol. The smallest absolute Gasteiger partial charge is 0.0636 e. The summed E-state index contributed by atoms with van der Waals surface area (Å²) < 4.78 is 0. The van der Waals surface area contributed by atoms with Gasteiger partial charge in [-0.1, -0.05) is 321 Å². The van der Waals surface area contributed by atoms with Crippen molar-refractivity contribution in [1.29, 1.82) is 0 Å². The van der Waals surface area contributed by atoms with Crippen LogP contribution in [0.15, 0.2) is 58.5 Å². The Kier molecular flexibility index (Phi) is 50.0. The zero-order chi connectivity index (χ0) is 48.3. The molecule has 0 bridgehead atoms. The Balaban J connectivity index is 0.0000238. The van der Waals surface area contributed by atoms with Gasteiger partial charge in [-0.05, 0) is 73.9 Å². The van der Waals surface area contributed by atoms with Crippen LogP contribution in [0.4, 0.5) is 11.4 Å². The molecule has 3 heteroatoms. The quantitative estimate of drug-likeness (QED) is 0.0358. The van der Waals surface area contributed by atoms with Gasteiger partial charge < -0.3 is 0 Å². The van der Waals surface area contributed by atoms with E-state index in [9.17, 15) is 0 Å². The summed E-state index contributed by atoms with van der Waals surface area (Å²) in [6.07, 6.45) is 70.9. The largest absolute Gasteiger partial charge is 0.255 e. The second-order valence-corrected chi connectivity index (χ2v) is 21.7. The summed E-state index contributed by atoms with van der Waals surface area (Å²) in [6, 6.07) is 17.9. The topological polar surface area (TPSA) is 24.7 Å². The second kappa shape index (κ2) is 52.8. The number of rotatable bonds is 52. The van der Waals surface area contributed by atoms with Crippen LogP contribution in [0.25, 0.3) is 0 Å². The van der Waals surface area contributed by atoms with Crippen molar-refractivity contribution in [3.8, 4) is 0 Å². The van der Waals surface area contributed by atoms with Gasteiger partial charge in [0.1, 0.15) is 0 Å². The van der Waals surface area contributed by atoms with E-state index in [1.165, 1.54) is 300 Å².